The van der Waals surface area contributed by atoms with Crippen LogP contribution in [-0.2, 0) is 4.79 Å². The molecule has 110 valence electrons. The number of nitrogens with one attached hydrogen (secondary N) is 1. The fourth-order valence-electron chi connectivity index (χ4n) is 2.05. The molecule has 0 aliphatic rings. The maximum Gasteiger partial charge on any atom is 0.244 e. The van der Waals surface area contributed by atoms with Crippen molar-refractivity contribution in [2.24, 2.45) is 0 Å². The molecule has 2 aromatic rings. The summed E-state index contributed by atoms with van der Waals surface area (Å²) in [6.45, 7) is 2.06. The lowest BCUT2D eigenvalue weighted by Crippen LogP contribution is -2.25. The van der Waals surface area contributed by atoms with Crippen molar-refractivity contribution in [1.29, 1.82) is 0 Å². The summed E-state index contributed by atoms with van der Waals surface area (Å²) >= 11 is 1.66. The third-order valence-corrected chi connectivity index (χ3v) is 4.15. The molecule has 1 aromatic carbocycles. The molecule has 0 saturated carbocycles. The maximum absolute atomic E-state index is 12.0. The van der Waals surface area contributed by atoms with Crippen molar-refractivity contribution in [3.63, 3.8) is 0 Å². The second-order valence-electron chi connectivity index (χ2n) is 4.56. The molecule has 0 saturated heterocycles. The van der Waals surface area contributed by atoms with Crippen molar-refractivity contribution >= 4 is 23.3 Å². The molecule has 0 radical (unpaired) electrons. The highest BCUT2D eigenvalue weighted by molar-refractivity contribution is 7.10. The second-order valence-corrected chi connectivity index (χ2v) is 5.54. The summed E-state index contributed by atoms with van der Waals surface area (Å²) in [6.07, 6.45) is 4.19. The van der Waals surface area contributed by atoms with E-state index in [1.165, 1.54) is 4.88 Å². The van der Waals surface area contributed by atoms with Crippen LogP contribution in [0, 0.1) is 0 Å². The third-order valence-electron chi connectivity index (χ3n) is 3.16. The number of para-hydroxylation sites is 1. The van der Waals surface area contributed by atoms with Gasteiger partial charge in [-0.3, -0.25) is 4.79 Å². The number of thiophene rings is 1. The van der Waals surface area contributed by atoms with Gasteiger partial charge in [0.1, 0.15) is 5.75 Å². The Morgan fingerprint density at radius 2 is 2.14 bits per heavy atom. The molecule has 1 unspecified atom stereocenters. The molecule has 1 aromatic heterocycles. The number of methoxy groups -OCH3 is 1. The normalized spacial score (nSPS) is 12.3. The number of carbonyl (C=O) groups excluding carboxylic acids is 1. The smallest absolute Gasteiger partial charge is 0.244 e. The van der Waals surface area contributed by atoms with Gasteiger partial charge in [-0.05, 0) is 30.0 Å². The molecule has 0 fully saturated rings. The molecule has 0 aliphatic heterocycles. The summed E-state index contributed by atoms with van der Waals surface area (Å²) in [5.74, 6) is 0.660. The molecule has 1 amide bonds. The van der Waals surface area contributed by atoms with Crippen molar-refractivity contribution < 1.29 is 9.53 Å². The van der Waals surface area contributed by atoms with Crippen LogP contribution in [0.3, 0.4) is 0 Å². The number of hydrogen-bond acceptors (Lipinski definition) is 3. The average molecular weight is 301 g/mol. The minimum atomic E-state index is -0.0962. The van der Waals surface area contributed by atoms with Gasteiger partial charge in [0.2, 0.25) is 5.91 Å². The second kappa shape index (κ2) is 7.64. The topological polar surface area (TPSA) is 38.3 Å². The van der Waals surface area contributed by atoms with Crippen LogP contribution in [0.15, 0.2) is 47.9 Å². The molecule has 1 atom stereocenters. The average Bonchev–Trinajstić information content (AvgIpc) is 3.05. The van der Waals surface area contributed by atoms with E-state index >= 15 is 0 Å². The predicted molar refractivity (Wildman–Crippen MR) is 87.5 cm³/mol. The molecule has 0 bridgehead atoms. The van der Waals surface area contributed by atoms with E-state index in [2.05, 4.69) is 12.2 Å². The van der Waals surface area contributed by atoms with E-state index in [1.807, 2.05) is 41.8 Å². The zero-order valence-electron chi connectivity index (χ0n) is 12.2. The number of carbonyl (C=O) groups is 1. The molecule has 21 heavy (non-hydrogen) atoms. The Bertz CT molecular complexity index is 605. The maximum atomic E-state index is 12.0. The first-order valence-electron chi connectivity index (χ1n) is 6.89. The van der Waals surface area contributed by atoms with Crippen molar-refractivity contribution in [3.8, 4) is 5.75 Å². The molecule has 1 heterocycles. The summed E-state index contributed by atoms with van der Waals surface area (Å²) in [7, 11) is 1.62. The minimum Gasteiger partial charge on any atom is -0.496 e. The summed E-state index contributed by atoms with van der Waals surface area (Å²) in [6, 6.07) is 11.7. The van der Waals surface area contributed by atoms with E-state index in [1.54, 1.807) is 30.6 Å². The van der Waals surface area contributed by atoms with E-state index in [9.17, 15) is 4.79 Å². The quantitative estimate of drug-likeness (QED) is 0.818. The Hall–Kier alpha value is -2.07. The van der Waals surface area contributed by atoms with Crippen LogP contribution in [0.4, 0.5) is 0 Å². The number of hydrogen-bond donors (Lipinski definition) is 1. The SMILES string of the molecule is CCC(NC(=O)C=Cc1ccccc1OC)c1cccs1. The van der Waals surface area contributed by atoms with Crippen molar-refractivity contribution in [3.05, 3.63) is 58.3 Å². The van der Waals surface area contributed by atoms with Crippen LogP contribution in [0.2, 0.25) is 0 Å². The largest absolute Gasteiger partial charge is 0.496 e. The molecule has 0 spiro atoms. The van der Waals surface area contributed by atoms with E-state index in [-0.39, 0.29) is 11.9 Å². The van der Waals surface area contributed by atoms with E-state index in [0.717, 1.165) is 17.7 Å². The Kier molecular flexibility index (Phi) is 5.58. The summed E-state index contributed by atoms with van der Waals surface area (Å²) in [5.41, 5.74) is 0.888. The molecular formula is C17H19NO2S. The first-order chi connectivity index (χ1) is 10.2. The number of amides is 1. The standard InChI is InChI=1S/C17H19NO2S/c1-3-14(16-9-6-12-21-16)18-17(19)11-10-13-7-4-5-8-15(13)20-2/h4-12,14H,3H2,1-2H3,(H,18,19). The van der Waals surface area contributed by atoms with Crippen LogP contribution in [-0.4, -0.2) is 13.0 Å². The van der Waals surface area contributed by atoms with Gasteiger partial charge in [-0.1, -0.05) is 31.2 Å². The molecule has 3 nitrogen and oxygen atoms in total. The molecule has 4 heteroatoms. The van der Waals surface area contributed by atoms with Crippen LogP contribution < -0.4 is 10.1 Å². The highest BCUT2D eigenvalue weighted by atomic mass is 32.1. The zero-order chi connectivity index (χ0) is 15.1. The zero-order valence-corrected chi connectivity index (χ0v) is 13.0. The van der Waals surface area contributed by atoms with Gasteiger partial charge >= 0.3 is 0 Å². The van der Waals surface area contributed by atoms with Crippen LogP contribution in [0.1, 0.15) is 29.8 Å². The van der Waals surface area contributed by atoms with E-state index in [4.69, 9.17) is 4.74 Å². The van der Waals surface area contributed by atoms with Crippen molar-refractivity contribution in [1.82, 2.24) is 5.32 Å². The lowest BCUT2D eigenvalue weighted by molar-refractivity contribution is -0.117. The number of benzene rings is 1. The molecule has 1 N–H and O–H groups in total. The first-order valence-corrected chi connectivity index (χ1v) is 7.77. The van der Waals surface area contributed by atoms with Crippen LogP contribution >= 0.6 is 11.3 Å². The van der Waals surface area contributed by atoms with Gasteiger partial charge < -0.3 is 10.1 Å². The van der Waals surface area contributed by atoms with E-state index in [0.29, 0.717) is 0 Å². The van der Waals surface area contributed by atoms with Gasteiger partial charge in [0.05, 0.1) is 13.2 Å². The van der Waals surface area contributed by atoms with Gasteiger partial charge in [-0.2, -0.15) is 0 Å². The minimum absolute atomic E-state index is 0.0693. The first kappa shape index (κ1) is 15.3. The Labute approximate surface area is 129 Å². The van der Waals surface area contributed by atoms with Crippen LogP contribution in [0.5, 0.6) is 5.75 Å². The highest BCUT2D eigenvalue weighted by Crippen LogP contribution is 2.22. The molecule has 2 rings (SSSR count). The number of ether oxygens (including phenoxy) is 1. The third kappa shape index (κ3) is 4.20. The van der Waals surface area contributed by atoms with E-state index < -0.39 is 0 Å². The van der Waals surface area contributed by atoms with Gasteiger partial charge in [0.15, 0.2) is 0 Å². The predicted octanol–water partition coefficient (Wildman–Crippen LogP) is 4.04. The van der Waals surface area contributed by atoms with Gasteiger partial charge in [0, 0.05) is 16.5 Å². The van der Waals surface area contributed by atoms with Gasteiger partial charge in [-0.15, -0.1) is 11.3 Å². The Balaban J connectivity index is 2.02. The van der Waals surface area contributed by atoms with Gasteiger partial charge in [-0.25, -0.2) is 0 Å². The summed E-state index contributed by atoms with van der Waals surface area (Å²) in [4.78, 5) is 13.2. The Morgan fingerprint density at radius 3 is 2.81 bits per heavy atom. The molecule has 0 aliphatic carbocycles. The monoisotopic (exact) mass is 301 g/mol. The van der Waals surface area contributed by atoms with Crippen molar-refractivity contribution in [2.75, 3.05) is 7.11 Å². The number of rotatable bonds is 6. The highest BCUT2D eigenvalue weighted by Gasteiger charge is 2.11. The summed E-state index contributed by atoms with van der Waals surface area (Å²) < 4.78 is 5.26. The fourth-order valence-corrected chi connectivity index (χ4v) is 2.91. The van der Waals surface area contributed by atoms with Gasteiger partial charge in [0.25, 0.3) is 0 Å². The lowest BCUT2D eigenvalue weighted by atomic mass is 10.1. The summed E-state index contributed by atoms with van der Waals surface area (Å²) in [5, 5.41) is 5.04. The fraction of sp³-hybridized carbons (Fsp3) is 0.235. The van der Waals surface area contributed by atoms with Crippen molar-refractivity contribution in [2.45, 2.75) is 19.4 Å². The molecular weight excluding hydrogens is 282 g/mol. The van der Waals surface area contributed by atoms with Crippen LogP contribution in [0.25, 0.3) is 6.08 Å². The Morgan fingerprint density at radius 1 is 1.33 bits per heavy atom. The lowest BCUT2D eigenvalue weighted by Gasteiger charge is -2.13.